The molecule has 1 fully saturated rings. The van der Waals surface area contributed by atoms with Gasteiger partial charge in [-0.1, -0.05) is 13.3 Å². The van der Waals surface area contributed by atoms with Gasteiger partial charge in [0.05, 0.1) is 12.6 Å². The number of hydrogen-bond acceptors (Lipinski definition) is 7. The molecule has 4 N–H and O–H groups in total. The molecule has 0 saturated carbocycles. The number of carbonyl (C=O) groups excluding carboxylic acids is 1. The summed E-state index contributed by atoms with van der Waals surface area (Å²) in [7, 11) is 0. The molecule has 0 aromatic carbocycles. The molecule has 1 rings (SSSR count). The van der Waals surface area contributed by atoms with E-state index in [1.807, 2.05) is 6.92 Å². The number of nitrogens with one attached hydrogen (secondary N) is 2. The smallest absolute Gasteiger partial charge is 0.246 e. The van der Waals surface area contributed by atoms with Crippen LogP contribution in [0, 0.1) is 10.1 Å². The van der Waals surface area contributed by atoms with Crippen molar-refractivity contribution in [2.75, 3.05) is 19.6 Å². The van der Waals surface area contributed by atoms with Crippen LogP contribution in [0.2, 0.25) is 0 Å². The van der Waals surface area contributed by atoms with Crippen LogP contribution in [0.1, 0.15) is 26.2 Å². The Kier molecular flexibility index (Phi) is 7.51. The van der Waals surface area contributed by atoms with Crippen molar-refractivity contribution in [2.45, 2.75) is 50.7 Å². The molecule has 0 spiro atoms. The lowest BCUT2D eigenvalue weighted by atomic mass is 10.00. The zero-order valence-corrected chi connectivity index (χ0v) is 12.0. The molecule has 9 heteroatoms. The van der Waals surface area contributed by atoms with Crippen LogP contribution in [0.4, 0.5) is 0 Å². The Labute approximate surface area is 122 Å². The maximum Gasteiger partial charge on any atom is 0.246 e. The SMILES string of the molecule is CCCCNCC(=O)NC[C@@H]1CC([N+](=O)[O-])C(O)[C@H](O)O1. The number of ether oxygens (including phenoxy) is 1. The lowest BCUT2D eigenvalue weighted by Crippen LogP contribution is -2.54. The number of aliphatic hydroxyl groups is 2. The first-order valence-corrected chi connectivity index (χ1v) is 7.08. The Hall–Kier alpha value is -1.29. The van der Waals surface area contributed by atoms with Crippen LogP contribution in [0.25, 0.3) is 0 Å². The Morgan fingerprint density at radius 2 is 2.19 bits per heavy atom. The quantitative estimate of drug-likeness (QED) is 0.246. The molecule has 0 aromatic rings. The van der Waals surface area contributed by atoms with Gasteiger partial charge in [0.25, 0.3) is 0 Å². The van der Waals surface area contributed by atoms with Crippen LogP contribution in [-0.2, 0) is 9.53 Å². The van der Waals surface area contributed by atoms with Crippen molar-refractivity contribution in [1.29, 1.82) is 0 Å². The number of aliphatic hydroxyl groups excluding tert-OH is 2. The molecule has 9 nitrogen and oxygen atoms in total. The van der Waals surface area contributed by atoms with Crippen LogP contribution in [-0.4, -0.2) is 65.2 Å². The van der Waals surface area contributed by atoms with Crippen molar-refractivity contribution < 1.29 is 24.7 Å². The topological polar surface area (TPSA) is 134 Å². The predicted molar refractivity (Wildman–Crippen MR) is 73.1 cm³/mol. The summed E-state index contributed by atoms with van der Waals surface area (Å²) >= 11 is 0. The Bertz CT molecular complexity index is 354. The molecule has 1 heterocycles. The minimum absolute atomic E-state index is 0.0579. The molecule has 0 aliphatic carbocycles. The summed E-state index contributed by atoms with van der Waals surface area (Å²) in [6.45, 7) is 3.02. The van der Waals surface area contributed by atoms with Crippen molar-refractivity contribution in [2.24, 2.45) is 0 Å². The number of nitro groups is 1. The van der Waals surface area contributed by atoms with Gasteiger partial charge in [0.15, 0.2) is 12.4 Å². The van der Waals surface area contributed by atoms with Crippen molar-refractivity contribution in [3.63, 3.8) is 0 Å². The highest BCUT2D eigenvalue weighted by atomic mass is 16.6. The van der Waals surface area contributed by atoms with E-state index in [9.17, 15) is 25.1 Å². The average Bonchev–Trinajstić information content (AvgIpc) is 2.44. The summed E-state index contributed by atoms with van der Waals surface area (Å²) in [5.41, 5.74) is 0. The van der Waals surface area contributed by atoms with E-state index in [0.717, 1.165) is 19.4 Å². The van der Waals surface area contributed by atoms with Gasteiger partial charge in [0, 0.05) is 17.9 Å². The lowest BCUT2D eigenvalue weighted by molar-refractivity contribution is -0.550. The molecule has 4 atom stereocenters. The molecule has 1 aliphatic heterocycles. The van der Waals surface area contributed by atoms with Gasteiger partial charge in [-0.25, -0.2) is 0 Å². The van der Waals surface area contributed by atoms with E-state index < -0.39 is 29.5 Å². The van der Waals surface area contributed by atoms with Crippen molar-refractivity contribution >= 4 is 5.91 Å². The van der Waals surface area contributed by atoms with Crippen molar-refractivity contribution in [3.8, 4) is 0 Å². The minimum atomic E-state index is -1.61. The van der Waals surface area contributed by atoms with Gasteiger partial charge in [-0.2, -0.15) is 0 Å². The fourth-order valence-corrected chi connectivity index (χ4v) is 2.07. The number of rotatable bonds is 8. The number of unbranched alkanes of at least 4 members (excludes halogenated alkanes) is 1. The first-order chi connectivity index (χ1) is 9.95. The third-order valence-corrected chi connectivity index (χ3v) is 3.31. The van der Waals surface area contributed by atoms with Crippen LogP contribution in [0.3, 0.4) is 0 Å². The van der Waals surface area contributed by atoms with Gasteiger partial charge in [-0.3, -0.25) is 14.9 Å². The Morgan fingerprint density at radius 1 is 1.48 bits per heavy atom. The van der Waals surface area contributed by atoms with E-state index in [1.165, 1.54) is 0 Å². The molecule has 1 saturated heterocycles. The van der Waals surface area contributed by atoms with Gasteiger partial charge >= 0.3 is 0 Å². The molecule has 0 radical (unpaired) electrons. The minimum Gasteiger partial charge on any atom is -0.381 e. The van der Waals surface area contributed by atoms with Gasteiger partial charge in [-0.15, -0.1) is 0 Å². The predicted octanol–water partition coefficient (Wildman–Crippen LogP) is -1.39. The zero-order chi connectivity index (χ0) is 15.8. The lowest BCUT2D eigenvalue weighted by Gasteiger charge is -2.32. The van der Waals surface area contributed by atoms with E-state index in [2.05, 4.69) is 10.6 Å². The molecular formula is C12H23N3O6. The zero-order valence-electron chi connectivity index (χ0n) is 12.0. The average molecular weight is 305 g/mol. The Balaban J connectivity index is 2.31. The molecule has 2 unspecified atom stereocenters. The summed E-state index contributed by atoms with van der Waals surface area (Å²) in [6.07, 6.45) is -1.91. The number of carbonyl (C=O) groups is 1. The summed E-state index contributed by atoms with van der Waals surface area (Å²) in [5, 5.41) is 35.2. The molecule has 1 aliphatic rings. The summed E-state index contributed by atoms with van der Waals surface area (Å²) in [5.74, 6) is -0.243. The second-order valence-electron chi connectivity index (χ2n) is 5.06. The van der Waals surface area contributed by atoms with E-state index in [0.29, 0.717) is 0 Å². The summed E-state index contributed by atoms with van der Waals surface area (Å²) in [4.78, 5) is 21.7. The highest BCUT2D eigenvalue weighted by Crippen LogP contribution is 2.20. The molecule has 0 aromatic heterocycles. The largest absolute Gasteiger partial charge is 0.381 e. The third kappa shape index (κ3) is 5.92. The maximum atomic E-state index is 11.5. The highest BCUT2D eigenvalue weighted by Gasteiger charge is 2.43. The second-order valence-corrected chi connectivity index (χ2v) is 5.06. The van der Waals surface area contributed by atoms with E-state index in [-0.39, 0.29) is 25.4 Å². The fraction of sp³-hybridized carbons (Fsp3) is 0.917. The molecule has 21 heavy (non-hydrogen) atoms. The molecule has 122 valence electrons. The monoisotopic (exact) mass is 305 g/mol. The van der Waals surface area contributed by atoms with Crippen LogP contribution in [0.15, 0.2) is 0 Å². The fourth-order valence-electron chi connectivity index (χ4n) is 2.07. The van der Waals surface area contributed by atoms with Crippen molar-refractivity contribution in [3.05, 3.63) is 10.1 Å². The summed E-state index contributed by atoms with van der Waals surface area (Å²) < 4.78 is 5.04. The van der Waals surface area contributed by atoms with E-state index >= 15 is 0 Å². The first-order valence-electron chi connectivity index (χ1n) is 7.08. The summed E-state index contributed by atoms with van der Waals surface area (Å²) in [6, 6.07) is -1.29. The van der Waals surface area contributed by atoms with Crippen LogP contribution < -0.4 is 10.6 Å². The molecule has 0 bridgehead atoms. The third-order valence-electron chi connectivity index (χ3n) is 3.31. The van der Waals surface area contributed by atoms with Crippen LogP contribution >= 0.6 is 0 Å². The number of nitrogens with zero attached hydrogens (tertiary/aromatic N) is 1. The van der Waals surface area contributed by atoms with E-state index in [1.54, 1.807) is 0 Å². The van der Waals surface area contributed by atoms with E-state index in [4.69, 9.17) is 4.74 Å². The van der Waals surface area contributed by atoms with Gasteiger partial charge < -0.3 is 25.6 Å². The van der Waals surface area contributed by atoms with Crippen LogP contribution in [0.5, 0.6) is 0 Å². The number of hydrogen-bond donors (Lipinski definition) is 4. The standard InChI is InChI=1S/C12H23N3O6/c1-2-3-4-13-7-10(16)14-6-8-5-9(15(19)20)11(17)12(18)21-8/h8-9,11-13,17-18H,2-7H2,1H3,(H,14,16)/t8-,9?,11?,12+/m0/s1. The first kappa shape index (κ1) is 17.8. The van der Waals surface area contributed by atoms with Gasteiger partial charge in [0.1, 0.15) is 0 Å². The number of amides is 1. The highest BCUT2D eigenvalue weighted by molar-refractivity contribution is 5.77. The normalized spacial score (nSPS) is 29.1. The second kappa shape index (κ2) is 8.88. The molecular weight excluding hydrogens is 282 g/mol. The van der Waals surface area contributed by atoms with Gasteiger partial charge in [-0.05, 0) is 13.0 Å². The Morgan fingerprint density at radius 3 is 2.81 bits per heavy atom. The van der Waals surface area contributed by atoms with Crippen molar-refractivity contribution in [1.82, 2.24) is 10.6 Å². The van der Waals surface area contributed by atoms with Gasteiger partial charge in [0.2, 0.25) is 11.9 Å². The molecule has 1 amide bonds. The maximum absolute atomic E-state index is 11.5.